The summed E-state index contributed by atoms with van der Waals surface area (Å²) < 4.78 is 23.5. The predicted octanol–water partition coefficient (Wildman–Crippen LogP) is 1.70. The van der Waals surface area contributed by atoms with Gasteiger partial charge in [0, 0.05) is 6.04 Å². The Kier molecular flexibility index (Phi) is 3.44. The molecule has 12 heavy (non-hydrogen) atoms. The van der Waals surface area contributed by atoms with Crippen molar-refractivity contribution in [2.24, 2.45) is 0 Å². The van der Waals surface area contributed by atoms with Gasteiger partial charge < -0.3 is 5.32 Å². The Morgan fingerprint density at radius 3 is 2.33 bits per heavy atom. The van der Waals surface area contributed by atoms with E-state index in [1.807, 2.05) is 0 Å². The lowest BCUT2D eigenvalue weighted by molar-refractivity contribution is -0.132. The van der Waals surface area contributed by atoms with Gasteiger partial charge in [0.25, 0.3) is 5.91 Å². The summed E-state index contributed by atoms with van der Waals surface area (Å²) in [4.78, 5) is 10.5. The lowest BCUT2D eigenvalue weighted by Gasteiger charge is -2.22. The minimum Gasteiger partial charge on any atom is -0.348 e. The topological polar surface area (TPSA) is 29.1 Å². The van der Waals surface area contributed by atoms with Crippen LogP contribution >= 0.6 is 0 Å². The molecule has 0 aromatic heterocycles. The van der Waals surface area contributed by atoms with Crippen LogP contribution < -0.4 is 5.32 Å². The highest BCUT2D eigenvalue weighted by Crippen LogP contribution is 2.17. The van der Waals surface area contributed by atoms with Crippen molar-refractivity contribution in [1.82, 2.24) is 5.32 Å². The third-order valence-electron chi connectivity index (χ3n) is 2.15. The quantitative estimate of drug-likeness (QED) is 0.683. The molecule has 1 fully saturated rings. The molecule has 0 aliphatic heterocycles. The molecule has 0 atom stereocenters. The summed E-state index contributed by atoms with van der Waals surface area (Å²) in [5, 5.41) is 2.33. The number of halogens is 2. The minimum atomic E-state index is -2.87. The zero-order valence-electron chi connectivity index (χ0n) is 6.85. The number of nitrogens with one attached hydrogen (secondary N) is 1. The van der Waals surface area contributed by atoms with Crippen molar-refractivity contribution in [3.63, 3.8) is 0 Å². The summed E-state index contributed by atoms with van der Waals surface area (Å²) in [6, 6.07) is -0.0137. The molecule has 0 radical (unpaired) electrons. The van der Waals surface area contributed by atoms with Crippen molar-refractivity contribution in [2.75, 3.05) is 0 Å². The Hall–Kier alpha value is -0.670. The van der Waals surface area contributed by atoms with Crippen LogP contribution in [0.4, 0.5) is 8.78 Å². The van der Waals surface area contributed by atoms with Gasteiger partial charge in [-0.15, -0.1) is 0 Å². The van der Waals surface area contributed by atoms with E-state index in [4.69, 9.17) is 0 Å². The van der Waals surface area contributed by atoms with Crippen LogP contribution in [0.3, 0.4) is 0 Å². The van der Waals surface area contributed by atoms with E-state index in [9.17, 15) is 13.6 Å². The first kappa shape index (κ1) is 9.42. The van der Waals surface area contributed by atoms with E-state index in [1.165, 1.54) is 0 Å². The van der Waals surface area contributed by atoms with Gasteiger partial charge >= 0.3 is 6.43 Å². The van der Waals surface area contributed by atoms with Crippen molar-refractivity contribution < 1.29 is 13.6 Å². The van der Waals surface area contributed by atoms with Gasteiger partial charge in [0.05, 0.1) is 0 Å². The Bertz CT molecular complexity index is 155. The molecule has 0 heterocycles. The van der Waals surface area contributed by atoms with Gasteiger partial charge in [0.1, 0.15) is 0 Å². The van der Waals surface area contributed by atoms with Crippen molar-refractivity contribution in [2.45, 2.75) is 44.6 Å². The SMILES string of the molecule is O=C(NC1CCCCC1)C(F)F. The molecule has 4 heteroatoms. The van der Waals surface area contributed by atoms with Crippen LogP contribution in [0.5, 0.6) is 0 Å². The third-order valence-corrected chi connectivity index (χ3v) is 2.15. The number of hydrogen-bond acceptors (Lipinski definition) is 1. The van der Waals surface area contributed by atoms with Crippen molar-refractivity contribution in [3.8, 4) is 0 Å². The van der Waals surface area contributed by atoms with Gasteiger partial charge in [-0.3, -0.25) is 4.79 Å². The first-order valence-electron chi connectivity index (χ1n) is 4.28. The third kappa shape index (κ3) is 2.75. The molecule has 0 bridgehead atoms. The highest BCUT2D eigenvalue weighted by Gasteiger charge is 2.20. The van der Waals surface area contributed by atoms with Crippen LogP contribution in [0.25, 0.3) is 0 Å². The van der Waals surface area contributed by atoms with E-state index < -0.39 is 12.3 Å². The maximum atomic E-state index is 11.8. The fourth-order valence-electron chi connectivity index (χ4n) is 1.51. The Balaban J connectivity index is 2.24. The second kappa shape index (κ2) is 4.38. The highest BCUT2D eigenvalue weighted by molar-refractivity contribution is 5.79. The van der Waals surface area contributed by atoms with Crippen LogP contribution in [-0.2, 0) is 4.79 Å². The largest absolute Gasteiger partial charge is 0.348 e. The van der Waals surface area contributed by atoms with Crippen LogP contribution in [0, 0.1) is 0 Å². The molecule has 1 saturated carbocycles. The number of rotatable bonds is 2. The average molecular weight is 177 g/mol. The summed E-state index contributed by atoms with van der Waals surface area (Å²) in [5.41, 5.74) is 0. The first-order chi connectivity index (χ1) is 5.70. The molecule has 1 amide bonds. The summed E-state index contributed by atoms with van der Waals surface area (Å²) in [6.07, 6.45) is 2.05. The van der Waals surface area contributed by atoms with Crippen LogP contribution in [0.2, 0.25) is 0 Å². The molecule has 2 nitrogen and oxygen atoms in total. The van der Waals surface area contributed by atoms with Gasteiger partial charge in [-0.05, 0) is 12.8 Å². The number of carbonyl (C=O) groups excluding carboxylic acids is 1. The smallest absolute Gasteiger partial charge is 0.315 e. The van der Waals surface area contributed by atoms with Crippen molar-refractivity contribution in [3.05, 3.63) is 0 Å². The molecular weight excluding hydrogens is 164 g/mol. The number of hydrogen-bond donors (Lipinski definition) is 1. The molecule has 70 valence electrons. The van der Waals surface area contributed by atoms with Crippen LogP contribution in [0.15, 0.2) is 0 Å². The molecule has 0 saturated heterocycles. The molecule has 0 spiro atoms. The van der Waals surface area contributed by atoms with Gasteiger partial charge in [0.15, 0.2) is 0 Å². The molecule has 0 aromatic rings. The second-order valence-electron chi connectivity index (χ2n) is 3.14. The predicted molar refractivity (Wildman–Crippen MR) is 41.0 cm³/mol. The van der Waals surface area contributed by atoms with Crippen LogP contribution in [-0.4, -0.2) is 18.4 Å². The normalized spacial score (nSPS) is 19.6. The van der Waals surface area contributed by atoms with Crippen molar-refractivity contribution in [1.29, 1.82) is 0 Å². The van der Waals surface area contributed by atoms with E-state index in [0.29, 0.717) is 0 Å². The van der Waals surface area contributed by atoms with E-state index in [-0.39, 0.29) is 6.04 Å². The maximum Gasteiger partial charge on any atom is 0.315 e. The van der Waals surface area contributed by atoms with E-state index in [0.717, 1.165) is 32.1 Å². The van der Waals surface area contributed by atoms with Gasteiger partial charge in [0.2, 0.25) is 0 Å². The van der Waals surface area contributed by atoms with E-state index in [1.54, 1.807) is 0 Å². The second-order valence-corrected chi connectivity index (χ2v) is 3.14. The van der Waals surface area contributed by atoms with Gasteiger partial charge in [-0.25, -0.2) is 0 Å². The Morgan fingerprint density at radius 2 is 1.83 bits per heavy atom. The van der Waals surface area contributed by atoms with E-state index >= 15 is 0 Å². The first-order valence-corrected chi connectivity index (χ1v) is 4.28. The van der Waals surface area contributed by atoms with Crippen LogP contribution in [0.1, 0.15) is 32.1 Å². The Labute approximate surface area is 70.3 Å². The molecular formula is C8H13F2NO. The van der Waals surface area contributed by atoms with Crippen molar-refractivity contribution >= 4 is 5.91 Å². The number of alkyl halides is 2. The Morgan fingerprint density at radius 1 is 1.25 bits per heavy atom. The monoisotopic (exact) mass is 177 g/mol. The molecule has 1 aliphatic carbocycles. The molecule has 0 aromatic carbocycles. The standard InChI is InChI=1S/C8H13F2NO/c9-7(10)8(12)11-6-4-2-1-3-5-6/h6-7H,1-5H2,(H,11,12). The fraction of sp³-hybridized carbons (Fsp3) is 0.875. The summed E-state index contributed by atoms with van der Waals surface area (Å²) >= 11 is 0. The number of carbonyl (C=O) groups is 1. The fourth-order valence-corrected chi connectivity index (χ4v) is 1.51. The maximum absolute atomic E-state index is 11.8. The highest BCUT2D eigenvalue weighted by atomic mass is 19.3. The summed E-state index contributed by atoms with van der Waals surface area (Å²) in [7, 11) is 0. The van der Waals surface area contributed by atoms with Gasteiger partial charge in [-0.1, -0.05) is 19.3 Å². The lowest BCUT2D eigenvalue weighted by Crippen LogP contribution is -2.39. The minimum absolute atomic E-state index is 0.0137. The molecule has 0 unspecified atom stereocenters. The average Bonchev–Trinajstić information content (AvgIpc) is 2.06. The zero-order valence-corrected chi connectivity index (χ0v) is 6.85. The van der Waals surface area contributed by atoms with E-state index in [2.05, 4.69) is 5.32 Å². The molecule has 1 aliphatic rings. The summed E-state index contributed by atoms with van der Waals surface area (Å²) in [5.74, 6) is -1.12. The molecule has 1 N–H and O–H groups in total. The molecule has 1 rings (SSSR count). The zero-order chi connectivity index (χ0) is 8.97. The lowest BCUT2D eigenvalue weighted by atomic mass is 9.95. The number of amides is 1. The summed E-state index contributed by atoms with van der Waals surface area (Å²) in [6.45, 7) is 0. The van der Waals surface area contributed by atoms with Gasteiger partial charge in [-0.2, -0.15) is 8.78 Å².